The average Bonchev–Trinajstić information content (AvgIpc) is 2.45. The highest BCUT2D eigenvalue weighted by Crippen LogP contribution is 2.23. The van der Waals surface area contributed by atoms with E-state index in [1.54, 1.807) is 13.8 Å². The number of benzene rings is 1. The number of thioether (sulfide) groups is 2. The summed E-state index contributed by atoms with van der Waals surface area (Å²) < 4.78 is 9.72. The van der Waals surface area contributed by atoms with Gasteiger partial charge in [-0.15, -0.1) is 23.5 Å². The van der Waals surface area contributed by atoms with Crippen LogP contribution in [-0.4, -0.2) is 36.7 Å². The number of esters is 2. The molecular formula is C14H18O4S2. The first-order valence-electron chi connectivity index (χ1n) is 6.32. The van der Waals surface area contributed by atoms with E-state index in [-0.39, 0.29) is 11.9 Å². The number of carbonyl (C=O) groups excluding carboxylic acids is 2. The van der Waals surface area contributed by atoms with E-state index in [2.05, 4.69) is 0 Å². The van der Waals surface area contributed by atoms with Crippen LogP contribution in [0.4, 0.5) is 0 Å². The summed E-state index contributed by atoms with van der Waals surface area (Å²) in [6.45, 7) is 4.39. The Morgan fingerprint density at radius 2 is 1.20 bits per heavy atom. The fourth-order valence-corrected chi connectivity index (χ4v) is 2.71. The van der Waals surface area contributed by atoms with Crippen molar-refractivity contribution in [2.75, 3.05) is 24.7 Å². The molecule has 110 valence electrons. The molecule has 0 atom stereocenters. The molecule has 0 unspecified atom stereocenters. The molecule has 6 heteroatoms. The SMILES string of the molecule is CCOC(=O)CSc1ccc(SCC(=O)OCC)cc1. The van der Waals surface area contributed by atoms with Gasteiger partial charge in [0.15, 0.2) is 0 Å². The third-order valence-electron chi connectivity index (χ3n) is 2.15. The first-order chi connectivity index (χ1) is 9.65. The third kappa shape index (κ3) is 6.86. The standard InChI is InChI=1S/C14H18O4S2/c1-3-17-13(15)9-19-11-5-7-12(8-6-11)20-10-14(16)18-4-2/h5-8H,3-4,9-10H2,1-2H3. The second-order valence-electron chi connectivity index (χ2n) is 3.66. The number of hydrogen-bond donors (Lipinski definition) is 0. The van der Waals surface area contributed by atoms with Crippen LogP contribution in [0.1, 0.15) is 13.8 Å². The van der Waals surface area contributed by atoms with Gasteiger partial charge < -0.3 is 9.47 Å². The van der Waals surface area contributed by atoms with Gasteiger partial charge in [0.2, 0.25) is 0 Å². The molecule has 0 fully saturated rings. The lowest BCUT2D eigenvalue weighted by atomic mass is 10.4. The van der Waals surface area contributed by atoms with Gasteiger partial charge in [-0.1, -0.05) is 0 Å². The molecule has 0 aliphatic heterocycles. The maximum Gasteiger partial charge on any atom is 0.316 e. The molecule has 0 amide bonds. The molecule has 0 saturated carbocycles. The van der Waals surface area contributed by atoms with Crippen molar-refractivity contribution < 1.29 is 19.1 Å². The van der Waals surface area contributed by atoms with Gasteiger partial charge in [0.25, 0.3) is 0 Å². The Labute approximate surface area is 127 Å². The second kappa shape index (κ2) is 9.72. The van der Waals surface area contributed by atoms with Crippen molar-refractivity contribution in [3.8, 4) is 0 Å². The smallest absolute Gasteiger partial charge is 0.316 e. The zero-order valence-corrected chi connectivity index (χ0v) is 13.2. The molecule has 1 aromatic rings. The van der Waals surface area contributed by atoms with Crippen LogP contribution >= 0.6 is 23.5 Å². The molecule has 0 aliphatic rings. The molecular weight excluding hydrogens is 296 g/mol. The van der Waals surface area contributed by atoms with E-state index in [1.165, 1.54) is 23.5 Å². The number of rotatable bonds is 8. The Morgan fingerprint density at radius 1 is 0.850 bits per heavy atom. The first kappa shape index (κ1) is 16.9. The van der Waals surface area contributed by atoms with Crippen molar-refractivity contribution >= 4 is 35.5 Å². The monoisotopic (exact) mass is 314 g/mol. The summed E-state index contributed by atoms with van der Waals surface area (Å²) in [6, 6.07) is 7.71. The topological polar surface area (TPSA) is 52.6 Å². The molecule has 0 aliphatic carbocycles. The molecule has 0 radical (unpaired) electrons. The van der Waals surface area contributed by atoms with E-state index in [0.29, 0.717) is 24.7 Å². The molecule has 0 spiro atoms. The van der Waals surface area contributed by atoms with Crippen molar-refractivity contribution in [3.63, 3.8) is 0 Å². The Hall–Kier alpha value is -1.14. The fraction of sp³-hybridized carbons (Fsp3) is 0.429. The van der Waals surface area contributed by atoms with E-state index >= 15 is 0 Å². The van der Waals surface area contributed by atoms with Gasteiger partial charge in [0.05, 0.1) is 24.7 Å². The Balaban J connectivity index is 2.36. The zero-order valence-electron chi connectivity index (χ0n) is 11.6. The van der Waals surface area contributed by atoms with Crippen molar-refractivity contribution in [2.24, 2.45) is 0 Å². The Morgan fingerprint density at radius 3 is 1.50 bits per heavy atom. The van der Waals surface area contributed by atoms with Crippen molar-refractivity contribution in [3.05, 3.63) is 24.3 Å². The summed E-state index contributed by atoms with van der Waals surface area (Å²) in [7, 11) is 0. The molecule has 4 nitrogen and oxygen atoms in total. The highest BCUT2D eigenvalue weighted by Gasteiger charge is 2.05. The minimum Gasteiger partial charge on any atom is -0.465 e. The lowest BCUT2D eigenvalue weighted by Gasteiger charge is -2.04. The summed E-state index contributed by atoms with van der Waals surface area (Å²) >= 11 is 2.87. The summed E-state index contributed by atoms with van der Waals surface area (Å²) in [5.41, 5.74) is 0. The van der Waals surface area contributed by atoms with E-state index < -0.39 is 0 Å². The molecule has 20 heavy (non-hydrogen) atoms. The van der Waals surface area contributed by atoms with Crippen molar-refractivity contribution in [2.45, 2.75) is 23.6 Å². The van der Waals surface area contributed by atoms with Gasteiger partial charge in [0, 0.05) is 9.79 Å². The largest absolute Gasteiger partial charge is 0.465 e. The van der Waals surface area contributed by atoms with Crippen LogP contribution in [0.25, 0.3) is 0 Å². The van der Waals surface area contributed by atoms with Gasteiger partial charge >= 0.3 is 11.9 Å². The summed E-state index contributed by atoms with van der Waals surface area (Å²) in [6.07, 6.45) is 0. The minimum absolute atomic E-state index is 0.210. The lowest BCUT2D eigenvalue weighted by molar-refractivity contribution is -0.140. The quantitative estimate of drug-likeness (QED) is 0.543. The van der Waals surface area contributed by atoms with Crippen LogP contribution in [0, 0.1) is 0 Å². The third-order valence-corrected chi connectivity index (χ3v) is 4.12. The van der Waals surface area contributed by atoms with Crippen LogP contribution in [0.15, 0.2) is 34.1 Å². The first-order valence-corrected chi connectivity index (χ1v) is 8.29. The van der Waals surface area contributed by atoms with Crippen LogP contribution < -0.4 is 0 Å². The maximum absolute atomic E-state index is 11.2. The molecule has 0 aromatic heterocycles. The molecule has 0 heterocycles. The second-order valence-corrected chi connectivity index (χ2v) is 5.76. The van der Waals surface area contributed by atoms with Crippen LogP contribution in [0.5, 0.6) is 0 Å². The lowest BCUT2D eigenvalue weighted by Crippen LogP contribution is -2.06. The minimum atomic E-state index is -0.210. The summed E-state index contributed by atoms with van der Waals surface area (Å²) in [4.78, 5) is 24.4. The predicted molar refractivity (Wildman–Crippen MR) is 81.2 cm³/mol. The molecule has 0 N–H and O–H groups in total. The number of carbonyl (C=O) groups is 2. The van der Waals surface area contributed by atoms with Crippen LogP contribution in [0.2, 0.25) is 0 Å². The van der Waals surface area contributed by atoms with Crippen molar-refractivity contribution in [1.82, 2.24) is 0 Å². The molecule has 1 rings (SSSR count). The van der Waals surface area contributed by atoms with E-state index in [9.17, 15) is 9.59 Å². The molecule has 0 saturated heterocycles. The number of hydrogen-bond acceptors (Lipinski definition) is 6. The predicted octanol–water partition coefficient (Wildman–Crippen LogP) is 3.00. The molecule has 1 aromatic carbocycles. The highest BCUT2D eigenvalue weighted by atomic mass is 32.2. The normalized spacial score (nSPS) is 10.1. The summed E-state index contributed by atoms with van der Waals surface area (Å²) in [5, 5.41) is 0. The molecule has 0 bridgehead atoms. The van der Waals surface area contributed by atoms with E-state index in [4.69, 9.17) is 9.47 Å². The van der Waals surface area contributed by atoms with Gasteiger partial charge in [-0.3, -0.25) is 9.59 Å². The van der Waals surface area contributed by atoms with Crippen LogP contribution in [0.3, 0.4) is 0 Å². The Bertz CT molecular complexity index is 390. The van der Waals surface area contributed by atoms with Crippen LogP contribution in [-0.2, 0) is 19.1 Å². The zero-order chi connectivity index (χ0) is 14.8. The van der Waals surface area contributed by atoms with Crippen molar-refractivity contribution in [1.29, 1.82) is 0 Å². The number of ether oxygens (including phenoxy) is 2. The average molecular weight is 314 g/mol. The maximum atomic E-state index is 11.2. The van der Waals surface area contributed by atoms with E-state index in [1.807, 2.05) is 24.3 Å². The highest BCUT2D eigenvalue weighted by molar-refractivity contribution is 8.00. The van der Waals surface area contributed by atoms with Gasteiger partial charge in [-0.05, 0) is 38.1 Å². The fourth-order valence-electron chi connectivity index (χ4n) is 1.32. The van der Waals surface area contributed by atoms with E-state index in [0.717, 1.165) is 9.79 Å². The van der Waals surface area contributed by atoms with Gasteiger partial charge in [-0.2, -0.15) is 0 Å². The van der Waals surface area contributed by atoms with Gasteiger partial charge in [-0.25, -0.2) is 0 Å². The Kier molecular flexibility index (Phi) is 8.22. The van der Waals surface area contributed by atoms with Gasteiger partial charge in [0.1, 0.15) is 0 Å². The summed E-state index contributed by atoms with van der Waals surface area (Å²) in [5.74, 6) is 0.197.